The third kappa shape index (κ3) is 13.0. The van der Waals surface area contributed by atoms with Crippen molar-refractivity contribution in [3.05, 3.63) is 137 Å². The molecule has 1 atom stereocenters. The largest absolute Gasteiger partial charge is 0.496 e. The summed E-state index contributed by atoms with van der Waals surface area (Å²) in [7, 11) is 3.70. The van der Waals surface area contributed by atoms with E-state index in [1.807, 2.05) is 76.2 Å². The van der Waals surface area contributed by atoms with E-state index in [4.69, 9.17) is 28.7 Å². The van der Waals surface area contributed by atoms with Crippen LogP contribution in [0, 0.1) is 12.7 Å². The molecule has 0 aliphatic carbocycles. The van der Waals surface area contributed by atoms with Gasteiger partial charge in [0, 0.05) is 74.4 Å². The van der Waals surface area contributed by atoms with Crippen molar-refractivity contribution in [3.8, 4) is 50.3 Å². The first-order chi connectivity index (χ1) is 35.2. The van der Waals surface area contributed by atoms with Gasteiger partial charge >= 0.3 is 12.1 Å². The number of hydrogen-bond acceptors (Lipinski definition) is 15. The van der Waals surface area contributed by atoms with E-state index in [0.29, 0.717) is 63.0 Å². The van der Waals surface area contributed by atoms with Crippen molar-refractivity contribution in [2.75, 3.05) is 60.0 Å². The van der Waals surface area contributed by atoms with Gasteiger partial charge in [0.1, 0.15) is 47.0 Å². The molecular formula is C56H60FN7O8S. The van der Waals surface area contributed by atoms with Crippen LogP contribution in [-0.2, 0) is 33.8 Å². The third-order valence-corrected chi connectivity index (χ3v) is 13.4. The molecule has 7 aromatic rings. The highest BCUT2D eigenvalue weighted by atomic mass is 32.1. The lowest BCUT2D eigenvalue weighted by Crippen LogP contribution is -2.48. The highest BCUT2D eigenvalue weighted by molar-refractivity contribution is 7.22. The second-order valence-electron chi connectivity index (χ2n) is 18.8. The highest BCUT2D eigenvalue weighted by Gasteiger charge is 2.30. The third-order valence-electron chi connectivity index (χ3n) is 12.3. The number of likely N-dealkylation sites (N-methyl/N-ethyl adjacent to an activating group) is 1. The molecule has 4 heterocycles. The minimum Gasteiger partial charge on any atom is -0.496 e. The van der Waals surface area contributed by atoms with Gasteiger partial charge in [0.15, 0.2) is 5.82 Å². The zero-order chi connectivity index (χ0) is 51.6. The molecule has 0 bridgehead atoms. The molecule has 0 radical (unpaired) electrons. The normalized spacial score (nSPS) is 13.6. The van der Waals surface area contributed by atoms with Crippen molar-refractivity contribution < 1.29 is 42.5 Å². The summed E-state index contributed by atoms with van der Waals surface area (Å²) in [5, 5.41) is 0.524. The molecule has 0 spiro atoms. The number of carbonyl (C=O) groups excluding carboxylic acids is 3. The molecule has 73 heavy (non-hydrogen) atoms. The molecule has 8 rings (SSSR count). The average Bonchev–Trinajstić information content (AvgIpc) is 3.77. The number of aryl methyl sites for hydroxylation is 1. The Labute approximate surface area is 428 Å². The van der Waals surface area contributed by atoms with E-state index in [-0.39, 0.29) is 37.9 Å². The molecule has 4 aromatic carbocycles. The van der Waals surface area contributed by atoms with Gasteiger partial charge < -0.3 is 33.5 Å². The van der Waals surface area contributed by atoms with Crippen molar-refractivity contribution >= 4 is 39.9 Å². The fourth-order valence-corrected chi connectivity index (χ4v) is 9.73. The Hall–Kier alpha value is -7.34. The van der Waals surface area contributed by atoms with Gasteiger partial charge in [-0.2, -0.15) is 0 Å². The number of piperazine rings is 1. The van der Waals surface area contributed by atoms with Crippen LogP contribution in [0.3, 0.4) is 0 Å². The molecule has 1 fully saturated rings. The highest BCUT2D eigenvalue weighted by Crippen LogP contribution is 2.48. The van der Waals surface area contributed by atoms with Gasteiger partial charge in [0.2, 0.25) is 12.0 Å². The number of para-hydroxylation sites is 1. The van der Waals surface area contributed by atoms with E-state index in [0.717, 1.165) is 65.2 Å². The fourth-order valence-electron chi connectivity index (χ4n) is 8.58. The van der Waals surface area contributed by atoms with Crippen LogP contribution in [0.2, 0.25) is 0 Å². The zero-order valence-corrected chi connectivity index (χ0v) is 43.0. The van der Waals surface area contributed by atoms with Gasteiger partial charge in [-0.15, -0.1) is 11.3 Å². The monoisotopic (exact) mass is 1010 g/mol. The number of amides is 1. The molecule has 1 aliphatic rings. The SMILES string of the molecule is CCOC(=O)[C@@H](Cc1cc(CN(CCN2CCN(C)CC2)C(=O)OC(C)(C)C)ccc1OCc1ccnc(-c2ccccc2OC)n1)Oc1ncnc2sc(-c3ccc(F)cc3)c(-c3ccc(C=O)cc3C)c12. The number of halogens is 1. The van der Waals surface area contributed by atoms with Gasteiger partial charge in [-0.3, -0.25) is 9.69 Å². The molecule has 1 saturated heterocycles. The fraction of sp³-hybridized carbons (Fsp3) is 0.339. The average molecular weight is 1010 g/mol. The number of rotatable bonds is 19. The lowest BCUT2D eigenvalue weighted by Gasteiger charge is -2.34. The van der Waals surface area contributed by atoms with E-state index in [9.17, 15) is 18.8 Å². The Balaban J connectivity index is 1.19. The summed E-state index contributed by atoms with van der Waals surface area (Å²) in [5.74, 6) is 0.612. The standard InChI is InChI=1S/C56H60FN7O8S/c1-8-69-54(66)47(71-52-49-48(43-19-13-38(33-65)29-36(43)2)50(73-53(49)60-35-59-52)39-15-17-41(57)18-16-39)31-40-30-37(32-64(55(67)72-56(3,4)5)28-27-63-25-23-62(6)24-26-63)14-20-45(40)70-34-42-21-22-58-51(61-42)44-11-9-10-12-46(44)68-7/h9-22,29-30,33,35,47H,8,23-28,31-32,34H2,1-7H3/t47-/m1/s1. The number of aldehydes is 1. The molecule has 1 aliphatic heterocycles. The molecule has 0 saturated carbocycles. The molecule has 3 aromatic heterocycles. The van der Waals surface area contributed by atoms with Crippen LogP contribution in [0.15, 0.2) is 104 Å². The lowest BCUT2D eigenvalue weighted by molar-refractivity contribution is -0.151. The lowest BCUT2D eigenvalue weighted by atomic mass is 9.95. The summed E-state index contributed by atoms with van der Waals surface area (Å²) in [4.78, 5) is 66.3. The molecular weight excluding hydrogens is 950 g/mol. The van der Waals surface area contributed by atoms with Crippen molar-refractivity contribution in [1.82, 2.24) is 34.6 Å². The van der Waals surface area contributed by atoms with E-state index in [1.54, 1.807) is 55.5 Å². The van der Waals surface area contributed by atoms with Crippen molar-refractivity contribution in [1.29, 1.82) is 0 Å². The Kier molecular flexibility index (Phi) is 16.7. The first-order valence-corrected chi connectivity index (χ1v) is 25.0. The van der Waals surface area contributed by atoms with Crippen LogP contribution in [0.5, 0.6) is 17.4 Å². The number of carbonyl (C=O) groups is 3. The predicted octanol–water partition coefficient (Wildman–Crippen LogP) is 9.87. The maximum Gasteiger partial charge on any atom is 0.410 e. The smallest absolute Gasteiger partial charge is 0.410 e. The molecule has 1 amide bonds. The van der Waals surface area contributed by atoms with Crippen molar-refractivity contribution in [3.63, 3.8) is 0 Å². The summed E-state index contributed by atoms with van der Waals surface area (Å²) in [5.41, 5.74) is 5.42. The number of benzene rings is 4. The van der Waals surface area contributed by atoms with E-state index >= 15 is 0 Å². The molecule has 0 N–H and O–H groups in total. The molecule has 380 valence electrons. The van der Waals surface area contributed by atoms with E-state index in [2.05, 4.69) is 31.8 Å². The number of nitrogens with zero attached hydrogens (tertiary/aromatic N) is 7. The van der Waals surface area contributed by atoms with Crippen LogP contribution in [0.1, 0.15) is 60.4 Å². The first kappa shape index (κ1) is 52.0. The van der Waals surface area contributed by atoms with Crippen LogP contribution in [0.25, 0.3) is 43.2 Å². The number of aromatic nitrogens is 4. The quantitative estimate of drug-likeness (QED) is 0.0557. The first-order valence-electron chi connectivity index (χ1n) is 24.2. The Morgan fingerprint density at radius 1 is 0.918 bits per heavy atom. The Morgan fingerprint density at radius 2 is 1.70 bits per heavy atom. The number of fused-ring (bicyclic) bond motifs is 1. The van der Waals surface area contributed by atoms with Gasteiger partial charge in [-0.25, -0.2) is 33.9 Å². The number of thiophene rings is 1. The van der Waals surface area contributed by atoms with E-state index < -0.39 is 23.8 Å². The molecule has 15 nitrogen and oxygen atoms in total. The molecule has 0 unspecified atom stereocenters. The Morgan fingerprint density at radius 3 is 2.42 bits per heavy atom. The summed E-state index contributed by atoms with van der Waals surface area (Å²) in [6, 6.07) is 26.4. The number of esters is 1. The zero-order valence-electron chi connectivity index (χ0n) is 42.2. The second-order valence-corrected chi connectivity index (χ2v) is 19.8. The van der Waals surface area contributed by atoms with Crippen LogP contribution in [0.4, 0.5) is 9.18 Å². The van der Waals surface area contributed by atoms with E-state index in [1.165, 1.54) is 29.8 Å². The predicted molar refractivity (Wildman–Crippen MR) is 278 cm³/mol. The van der Waals surface area contributed by atoms with Crippen molar-refractivity contribution in [2.45, 2.75) is 65.9 Å². The van der Waals surface area contributed by atoms with Gasteiger partial charge in [-0.1, -0.05) is 48.5 Å². The minimum absolute atomic E-state index is 0.0379. The maximum absolute atomic E-state index is 14.3. The summed E-state index contributed by atoms with van der Waals surface area (Å²) < 4.78 is 44.9. The van der Waals surface area contributed by atoms with Gasteiger partial charge in [0.25, 0.3) is 0 Å². The van der Waals surface area contributed by atoms with Gasteiger partial charge in [0.05, 0.1) is 30.4 Å². The number of ether oxygens (including phenoxy) is 5. The van der Waals surface area contributed by atoms with Crippen molar-refractivity contribution in [2.24, 2.45) is 0 Å². The number of methoxy groups -OCH3 is 1. The van der Waals surface area contributed by atoms with Crippen LogP contribution >= 0.6 is 11.3 Å². The van der Waals surface area contributed by atoms with Gasteiger partial charge in [-0.05, 0) is 112 Å². The minimum atomic E-state index is -1.27. The number of hydrogen-bond donors (Lipinski definition) is 0. The van der Waals surface area contributed by atoms with Crippen LogP contribution in [-0.4, -0.2) is 125 Å². The summed E-state index contributed by atoms with van der Waals surface area (Å²) in [6.07, 6.45) is 2.06. The Bertz CT molecular complexity index is 3060. The summed E-state index contributed by atoms with van der Waals surface area (Å²) in [6.45, 7) is 14.2. The maximum atomic E-state index is 14.3. The summed E-state index contributed by atoms with van der Waals surface area (Å²) >= 11 is 1.37. The second kappa shape index (κ2) is 23.5. The molecule has 17 heteroatoms. The van der Waals surface area contributed by atoms with Crippen LogP contribution < -0.4 is 14.2 Å². The topological polar surface area (TPSA) is 159 Å².